The Morgan fingerprint density at radius 1 is 1.11 bits per heavy atom. The van der Waals surface area contributed by atoms with Gasteiger partial charge in [-0.3, -0.25) is 13.9 Å². The third-order valence-electron chi connectivity index (χ3n) is 6.09. The molecule has 0 spiro atoms. The van der Waals surface area contributed by atoms with Gasteiger partial charge in [0.15, 0.2) is 11.5 Å². The van der Waals surface area contributed by atoms with Gasteiger partial charge in [-0.2, -0.15) is 0 Å². The molecule has 3 rings (SSSR count). The largest absolute Gasteiger partial charge is 0.454 e. The molecule has 0 radical (unpaired) electrons. The van der Waals surface area contributed by atoms with Crippen LogP contribution in [0.15, 0.2) is 42.5 Å². The zero-order chi connectivity index (χ0) is 27.0. The molecule has 9 nitrogen and oxygen atoms in total. The summed E-state index contributed by atoms with van der Waals surface area (Å²) >= 11 is 6.33. The molecule has 2 aromatic rings. The molecule has 1 aliphatic heterocycles. The molecule has 0 unspecified atom stereocenters. The van der Waals surface area contributed by atoms with Crippen LogP contribution in [0.25, 0.3) is 0 Å². The Hall–Kier alpha value is -2.98. The molecule has 2 amide bonds. The van der Waals surface area contributed by atoms with E-state index in [1.807, 2.05) is 19.1 Å². The second kappa shape index (κ2) is 13.0. The van der Waals surface area contributed by atoms with Gasteiger partial charge >= 0.3 is 0 Å². The van der Waals surface area contributed by atoms with Crippen LogP contribution in [0.1, 0.15) is 45.1 Å². The number of carbonyl (C=O) groups excluding carboxylic acids is 2. The van der Waals surface area contributed by atoms with Crippen molar-refractivity contribution in [2.45, 2.75) is 52.1 Å². The zero-order valence-electron chi connectivity index (χ0n) is 21.4. The fourth-order valence-electron chi connectivity index (χ4n) is 3.97. The summed E-state index contributed by atoms with van der Waals surface area (Å²) in [6, 6.07) is 11.4. The van der Waals surface area contributed by atoms with Gasteiger partial charge in [-0.05, 0) is 43.5 Å². The predicted molar refractivity (Wildman–Crippen MR) is 143 cm³/mol. The third-order valence-corrected chi connectivity index (χ3v) is 7.65. The molecule has 0 saturated carbocycles. The molecular weight excluding hydrogens is 518 g/mol. The lowest BCUT2D eigenvalue weighted by Crippen LogP contribution is -2.48. The first-order valence-electron chi connectivity index (χ1n) is 12.3. The highest BCUT2D eigenvalue weighted by Gasteiger charge is 2.27. The minimum Gasteiger partial charge on any atom is -0.454 e. The van der Waals surface area contributed by atoms with Gasteiger partial charge in [0.2, 0.25) is 28.6 Å². The molecule has 37 heavy (non-hydrogen) atoms. The molecule has 0 bridgehead atoms. The first-order valence-corrected chi connectivity index (χ1v) is 14.5. The fraction of sp³-hybridized carbons (Fsp3) is 0.462. The van der Waals surface area contributed by atoms with Crippen molar-refractivity contribution in [2.75, 3.05) is 30.4 Å². The molecular formula is C26H34ClN3O6S. The SMILES string of the molecule is CCCCNC(=O)[C@H](C)N(Cc1ccccc1Cl)C(=O)CCCN(c1ccc2c(c1)OCO2)S(C)(=O)=O. The number of sulfonamides is 1. The van der Waals surface area contributed by atoms with E-state index in [9.17, 15) is 18.0 Å². The third kappa shape index (κ3) is 7.75. The molecule has 1 aliphatic rings. The number of benzene rings is 2. The maximum absolute atomic E-state index is 13.4. The lowest BCUT2D eigenvalue weighted by molar-refractivity contribution is -0.140. The van der Waals surface area contributed by atoms with Crippen LogP contribution < -0.4 is 19.1 Å². The molecule has 11 heteroatoms. The number of anilines is 1. The summed E-state index contributed by atoms with van der Waals surface area (Å²) in [5.74, 6) is 0.508. The summed E-state index contributed by atoms with van der Waals surface area (Å²) in [6.45, 7) is 4.59. The van der Waals surface area contributed by atoms with Crippen LogP contribution >= 0.6 is 11.6 Å². The normalized spacial score (nSPS) is 13.2. The highest BCUT2D eigenvalue weighted by atomic mass is 35.5. The quantitative estimate of drug-likeness (QED) is 0.378. The van der Waals surface area contributed by atoms with Crippen LogP contribution in [0, 0.1) is 0 Å². The average Bonchev–Trinajstić information content (AvgIpc) is 3.33. The minimum atomic E-state index is -3.62. The number of halogens is 1. The summed E-state index contributed by atoms with van der Waals surface area (Å²) < 4.78 is 37.0. The number of fused-ring (bicyclic) bond motifs is 1. The minimum absolute atomic E-state index is 0.0492. The Balaban J connectivity index is 1.72. The predicted octanol–water partition coefficient (Wildman–Crippen LogP) is 3.95. The van der Waals surface area contributed by atoms with Crippen molar-refractivity contribution in [1.82, 2.24) is 10.2 Å². The number of ether oxygens (including phenoxy) is 2. The number of amides is 2. The first-order chi connectivity index (χ1) is 17.6. The van der Waals surface area contributed by atoms with Crippen molar-refractivity contribution >= 4 is 39.1 Å². The van der Waals surface area contributed by atoms with Crippen LogP contribution in [-0.4, -0.2) is 57.3 Å². The Labute approximate surface area is 223 Å². The lowest BCUT2D eigenvalue weighted by atomic mass is 10.1. The monoisotopic (exact) mass is 551 g/mol. The summed E-state index contributed by atoms with van der Waals surface area (Å²) in [5, 5.41) is 3.38. The van der Waals surface area contributed by atoms with Crippen LogP contribution in [0.2, 0.25) is 5.02 Å². The maximum Gasteiger partial charge on any atom is 0.242 e. The van der Waals surface area contributed by atoms with Crippen LogP contribution in [0.5, 0.6) is 11.5 Å². The smallest absolute Gasteiger partial charge is 0.242 e. The molecule has 2 aromatic carbocycles. The standard InChI is InChI=1S/C26H34ClN3O6S/c1-4-5-14-28-26(32)19(2)29(17-20-9-6-7-10-22(20)27)25(31)11-8-15-30(37(3,33)34)21-12-13-23-24(16-21)36-18-35-23/h6-7,9-10,12-13,16,19H,4-5,8,11,14-15,17-18H2,1-3H3,(H,28,32)/t19-/m0/s1. The maximum atomic E-state index is 13.4. The Morgan fingerprint density at radius 2 is 1.84 bits per heavy atom. The van der Waals surface area contributed by atoms with Gasteiger partial charge in [0, 0.05) is 37.1 Å². The number of nitrogens with zero attached hydrogens (tertiary/aromatic N) is 2. The molecule has 0 aliphatic carbocycles. The van der Waals surface area contributed by atoms with Gasteiger partial charge in [-0.25, -0.2) is 8.42 Å². The van der Waals surface area contributed by atoms with Crippen molar-refractivity contribution in [3.05, 3.63) is 53.1 Å². The second-order valence-electron chi connectivity index (χ2n) is 8.91. The van der Waals surface area contributed by atoms with Crippen LogP contribution in [-0.2, 0) is 26.2 Å². The number of carbonyl (C=O) groups is 2. The molecule has 1 N–H and O–H groups in total. The van der Waals surface area contributed by atoms with Gasteiger partial charge in [-0.15, -0.1) is 0 Å². The van der Waals surface area contributed by atoms with E-state index in [-0.39, 0.29) is 44.5 Å². The molecule has 0 saturated heterocycles. The van der Waals surface area contributed by atoms with Crippen molar-refractivity contribution in [2.24, 2.45) is 0 Å². The number of hydrogen-bond donors (Lipinski definition) is 1. The van der Waals surface area contributed by atoms with Crippen LogP contribution in [0.4, 0.5) is 5.69 Å². The van der Waals surface area contributed by atoms with Crippen molar-refractivity contribution < 1.29 is 27.5 Å². The van der Waals surface area contributed by atoms with Crippen molar-refractivity contribution in [3.8, 4) is 11.5 Å². The molecule has 202 valence electrons. The Kier molecular flexibility index (Phi) is 10.0. The van der Waals surface area contributed by atoms with E-state index >= 15 is 0 Å². The average molecular weight is 552 g/mol. The number of nitrogens with one attached hydrogen (secondary N) is 1. The Morgan fingerprint density at radius 3 is 2.54 bits per heavy atom. The highest BCUT2D eigenvalue weighted by Crippen LogP contribution is 2.36. The summed E-state index contributed by atoms with van der Waals surface area (Å²) in [4.78, 5) is 27.6. The number of hydrogen-bond acceptors (Lipinski definition) is 6. The highest BCUT2D eigenvalue weighted by molar-refractivity contribution is 7.92. The Bertz CT molecular complexity index is 1210. The molecule has 0 fully saturated rings. The molecule has 0 aromatic heterocycles. The topological polar surface area (TPSA) is 105 Å². The van der Waals surface area contributed by atoms with E-state index in [0.29, 0.717) is 28.8 Å². The van der Waals surface area contributed by atoms with E-state index in [4.69, 9.17) is 21.1 Å². The fourth-order valence-corrected chi connectivity index (χ4v) is 5.13. The van der Waals surface area contributed by atoms with Gasteiger partial charge < -0.3 is 19.7 Å². The van der Waals surface area contributed by atoms with E-state index in [1.54, 1.807) is 37.3 Å². The van der Waals surface area contributed by atoms with Crippen molar-refractivity contribution in [3.63, 3.8) is 0 Å². The number of unbranched alkanes of at least 4 members (excludes halogenated alkanes) is 1. The van der Waals surface area contributed by atoms with Gasteiger partial charge in [-0.1, -0.05) is 43.1 Å². The van der Waals surface area contributed by atoms with Crippen LogP contribution in [0.3, 0.4) is 0 Å². The van der Waals surface area contributed by atoms with E-state index < -0.39 is 16.1 Å². The van der Waals surface area contributed by atoms with Gasteiger partial charge in [0.05, 0.1) is 11.9 Å². The summed E-state index contributed by atoms with van der Waals surface area (Å²) in [7, 11) is -3.62. The number of rotatable bonds is 13. The second-order valence-corrected chi connectivity index (χ2v) is 11.2. The zero-order valence-corrected chi connectivity index (χ0v) is 23.0. The van der Waals surface area contributed by atoms with E-state index in [2.05, 4.69) is 5.32 Å². The van der Waals surface area contributed by atoms with E-state index in [1.165, 1.54) is 9.21 Å². The first kappa shape index (κ1) is 28.6. The van der Waals surface area contributed by atoms with Crippen molar-refractivity contribution in [1.29, 1.82) is 0 Å². The summed E-state index contributed by atoms with van der Waals surface area (Å²) in [5.41, 5.74) is 1.15. The van der Waals surface area contributed by atoms with E-state index in [0.717, 1.165) is 24.7 Å². The summed E-state index contributed by atoms with van der Waals surface area (Å²) in [6.07, 6.45) is 3.21. The van der Waals surface area contributed by atoms with Gasteiger partial charge in [0.25, 0.3) is 0 Å². The lowest BCUT2D eigenvalue weighted by Gasteiger charge is -2.29. The molecule has 1 atom stereocenters. The van der Waals surface area contributed by atoms with Gasteiger partial charge in [0.1, 0.15) is 6.04 Å². The molecule has 1 heterocycles.